The normalized spacial score (nSPS) is 12.2. The highest BCUT2D eigenvalue weighted by Gasteiger charge is 2.03. The minimum Gasteiger partial charge on any atom is -0.356 e. The van der Waals surface area contributed by atoms with Crippen LogP contribution in [0.3, 0.4) is 0 Å². The molecule has 1 atom stereocenters. The van der Waals surface area contributed by atoms with Crippen molar-refractivity contribution in [2.75, 3.05) is 6.54 Å². The van der Waals surface area contributed by atoms with Crippen molar-refractivity contribution < 1.29 is 4.79 Å². The zero-order valence-corrected chi connectivity index (χ0v) is 11.6. The van der Waals surface area contributed by atoms with Crippen LogP contribution in [0.25, 0.3) is 0 Å². The zero-order valence-electron chi connectivity index (χ0n) is 11.6. The monoisotopic (exact) mass is 248 g/mol. The molecular formula is C15H24N2O. The molecule has 1 amide bonds. The summed E-state index contributed by atoms with van der Waals surface area (Å²) in [4.78, 5) is 11.5. The minimum atomic E-state index is 0.0931. The van der Waals surface area contributed by atoms with Gasteiger partial charge in [0.1, 0.15) is 0 Å². The highest BCUT2D eigenvalue weighted by Crippen LogP contribution is 2.09. The van der Waals surface area contributed by atoms with Crippen molar-refractivity contribution in [2.24, 2.45) is 5.73 Å². The molecule has 0 fully saturated rings. The molecule has 1 unspecified atom stereocenters. The maximum Gasteiger partial charge on any atom is 0.220 e. The molecule has 3 N–H and O–H groups in total. The molecule has 0 aromatic heterocycles. The number of nitrogens with one attached hydrogen (secondary N) is 1. The summed E-state index contributed by atoms with van der Waals surface area (Å²) in [6, 6.07) is 6.53. The van der Waals surface area contributed by atoms with Crippen molar-refractivity contribution in [1.82, 2.24) is 5.32 Å². The molecule has 0 radical (unpaired) electrons. The molecule has 0 aliphatic rings. The predicted octanol–water partition coefficient (Wildman–Crippen LogP) is 2.09. The van der Waals surface area contributed by atoms with Crippen LogP contribution in [0.1, 0.15) is 36.5 Å². The van der Waals surface area contributed by atoms with Crippen molar-refractivity contribution in [3.8, 4) is 0 Å². The first-order valence-corrected chi connectivity index (χ1v) is 6.57. The van der Waals surface area contributed by atoms with E-state index in [-0.39, 0.29) is 11.9 Å². The standard InChI is InChI=1S/C15H24N2O/c1-11-4-6-14(10-12(11)2)8-9-17-15(18)7-5-13(3)16/h4,6,10,13H,5,7-9,16H2,1-3H3,(H,17,18). The Morgan fingerprint density at radius 1 is 1.33 bits per heavy atom. The number of benzene rings is 1. The van der Waals surface area contributed by atoms with Crippen LogP contribution in [0.5, 0.6) is 0 Å². The summed E-state index contributed by atoms with van der Waals surface area (Å²) in [5.74, 6) is 0.0936. The summed E-state index contributed by atoms with van der Waals surface area (Å²) in [6.07, 6.45) is 2.14. The van der Waals surface area contributed by atoms with Crippen molar-refractivity contribution in [3.63, 3.8) is 0 Å². The molecule has 0 heterocycles. The lowest BCUT2D eigenvalue weighted by Crippen LogP contribution is -2.27. The van der Waals surface area contributed by atoms with E-state index in [4.69, 9.17) is 5.73 Å². The number of amides is 1. The van der Waals surface area contributed by atoms with Gasteiger partial charge in [-0.1, -0.05) is 18.2 Å². The second-order valence-corrected chi connectivity index (χ2v) is 5.03. The van der Waals surface area contributed by atoms with E-state index in [0.29, 0.717) is 13.0 Å². The van der Waals surface area contributed by atoms with Crippen molar-refractivity contribution in [3.05, 3.63) is 34.9 Å². The maximum absolute atomic E-state index is 11.5. The van der Waals surface area contributed by atoms with Crippen LogP contribution < -0.4 is 11.1 Å². The molecule has 3 nitrogen and oxygen atoms in total. The Balaban J connectivity index is 2.28. The number of carbonyl (C=O) groups excluding carboxylic acids is 1. The Kier molecular flexibility index (Phi) is 5.86. The van der Waals surface area contributed by atoms with E-state index in [9.17, 15) is 4.79 Å². The SMILES string of the molecule is Cc1ccc(CCNC(=O)CCC(C)N)cc1C. The van der Waals surface area contributed by atoms with Gasteiger partial charge in [-0.2, -0.15) is 0 Å². The Morgan fingerprint density at radius 3 is 2.67 bits per heavy atom. The molecule has 1 rings (SSSR count). The summed E-state index contributed by atoms with van der Waals surface area (Å²) < 4.78 is 0. The van der Waals surface area contributed by atoms with E-state index in [1.54, 1.807) is 0 Å². The molecule has 1 aromatic carbocycles. The van der Waals surface area contributed by atoms with Gasteiger partial charge in [0.05, 0.1) is 0 Å². The van der Waals surface area contributed by atoms with Gasteiger partial charge >= 0.3 is 0 Å². The number of nitrogens with two attached hydrogens (primary N) is 1. The fourth-order valence-electron chi connectivity index (χ4n) is 1.75. The molecule has 18 heavy (non-hydrogen) atoms. The third kappa shape index (κ3) is 5.32. The van der Waals surface area contributed by atoms with E-state index in [2.05, 4.69) is 37.4 Å². The van der Waals surface area contributed by atoms with Gasteiger partial charge in [0.2, 0.25) is 5.91 Å². The number of aryl methyl sites for hydroxylation is 2. The highest BCUT2D eigenvalue weighted by molar-refractivity contribution is 5.75. The van der Waals surface area contributed by atoms with Gasteiger partial charge in [-0.25, -0.2) is 0 Å². The van der Waals surface area contributed by atoms with Gasteiger partial charge in [-0.3, -0.25) is 4.79 Å². The summed E-state index contributed by atoms with van der Waals surface area (Å²) in [5.41, 5.74) is 9.49. The van der Waals surface area contributed by atoms with Crippen molar-refractivity contribution >= 4 is 5.91 Å². The highest BCUT2D eigenvalue weighted by atomic mass is 16.1. The molecule has 0 aliphatic heterocycles. The van der Waals surface area contributed by atoms with E-state index >= 15 is 0 Å². The average molecular weight is 248 g/mol. The quantitative estimate of drug-likeness (QED) is 0.810. The average Bonchev–Trinajstić information content (AvgIpc) is 2.31. The van der Waals surface area contributed by atoms with Gasteiger partial charge in [0.25, 0.3) is 0 Å². The third-order valence-corrected chi connectivity index (χ3v) is 3.13. The van der Waals surface area contributed by atoms with Crippen molar-refractivity contribution in [1.29, 1.82) is 0 Å². The fourth-order valence-corrected chi connectivity index (χ4v) is 1.75. The third-order valence-electron chi connectivity index (χ3n) is 3.13. The summed E-state index contributed by atoms with van der Waals surface area (Å²) in [7, 11) is 0. The van der Waals surface area contributed by atoms with Gasteiger partial charge in [-0.15, -0.1) is 0 Å². The lowest BCUT2D eigenvalue weighted by atomic mass is 10.0. The number of rotatable bonds is 6. The fraction of sp³-hybridized carbons (Fsp3) is 0.533. The maximum atomic E-state index is 11.5. The van der Waals surface area contributed by atoms with Gasteiger partial charge in [0, 0.05) is 19.0 Å². The topological polar surface area (TPSA) is 55.1 Å². The first kappa shape index (κ1) is 14.7. The summed E-state index contributed by atoms with van der Waals surface area (Å²) in [5, 5.41) is 2.93. The zero-order chi connectivity index (χ0) is 13.5. The lowest BCUT2D eigenvalue weighted by molar-refractivity contribution is -0.121. The smallest absolute Gasteiger partial charge is 0.220 e. The molecule has 3 heteroatoms. The lowest BCUT2D eigenvalue weighted by Gasteiger charge is -2.08. The van der Waals surface area contributed by atoms with Gasteiger partial charge in [-0.05, 0) is 50.3 Å². The molecule has 0 spiro atoms. The largest absolute Gasteiger partial charge is 0.356 e. The molecule has 1 aromatic rings. The van der Waals surface area contributed by atoms with Crippen molar-refractivity contribution in [2.45, 2.75) is 46.1 Å². The Labute approximate surface area is 110 Å². The van der Waals surface area contributed by atoms with Gasteiger partial charge in [0.15, 0.2) is 0 Å². The number of hydrogen-bond acceptors (Lipinski definition) is 2. The van der Waals surface area contributed by atoms with Crippen LogP contribution in [0.15, 0.2) is 18.2 Å². The first-order valence-electron chi connectivity index (χ1n) is 6.57. The van der Waals surface area contributed by atoms with Gasteiger partial charge < -0.3 is 11.1 Å². The van der Waals surface area contributed by atoms with E-state index in [1.165, 1.54) is 16.7 Å². The second-order valence-electron chi connectivity index (χ2n) is 5.03. The van der Waals surface area contributed by atoms with E-state index in [0.717, 1.165) is 12.8 Å². The molecule has 0 saturated heterocycles. The Morgan fingerprint density at radius 2 is 2.06 bits per heavy atom. The Hall–Kier alpha value is -1.35. The summed E-state index contributed by atoms with van der Waals surface area (Å²) in [6.45, 7) is 6.83. The van der Waals surface area contributed by atoms with Crippen LogP contribution in [-0.4, -0.2) is 18.5 Å². The number of hydrogen-bond donors (Lipinski definition) is 2. The summed E-state index contributed by atoms with van der Waals surface area (Å²) >= 11 is 0. The van der Waals surface area contributed by atoms with E-state index in [1.807, 2.05) is 6.92 Å². The van der Waals surface area contributed by atoms with Crippen LogP contribution in [-0.2, 0) is 11.2 Å². The minimum absolute atomic E-state index is 0.0931. The van der Waals surface area contributed by atoms with Crippen LogP contribution in [0, 0.1) is 13.8 Å². The Bertz CT molecular complexity index is 399. The number of carbonyl (C=O) groups is 1. The molecule has 0 bridgehead atoms. The van der Waals surface area contributed by atoms with Crippen LogP contribution in [0.2, 0.25) is 0 Å². The van der Waals surface area contributed by atoms with Crippen LogP contribution in [0.4, 0.5) is 0 Å². The first-order chi connectivity index (χ1) is 8.49. The predicted molar refractivity (Wildman–Crippen MR) is 75.5 cm³/mol. The van der Waals surface area contributed by atoms with E-state index < -0.39 is 0 Å². The van der Waals surface area contributed by atoms with Crippen LogP contribution >= 0.6 is 0 Å². The molecule has 0 aliphatic carbocycles. The molecule has 0 saturated carbocycles. The molecule has 100 valence electrons. The molecular weight excluding hydrogens is 224 g/mol. The second kappa shape index (κ2) is 7.17.